The van der Waals surface area contributed by atoms with E-state index in [9.17, 15) is 0 Å². The summed E-state index contributed by atoms with van der Waals surface area (Å²) in [6, 6.07) is 7.93. The summed E-state index contributed by atoms with van der Waals surface area (Å²) in [7, 11) is 3.54. The zero-order valence-corrected chi connectivity index (χ0v) is 13.8. The number of hydrogen-bond acceptors (Lipinski definition) is 6. The Morgan fingerprint density at radius 1 is 1.12 bits per heavy atom. The molecule has 0 saturated heterocycles. The number of nitrogens with zero attached hydrogens (tertiary/aromatic N) is 4. The van der Waals surface area contributed by atoms with Crippen molar-refractivity contribution in [3.8, 4) is 28.1 Å². The lowest BCUT2D eigenvalue weighted by Gasteiger charge is -2.11. The number of nitrogens with two attached hydrogens (primary N) is 2. The van der Waals surface area contributed by atoms with Crippen LogP contribution in [-0.4, -0.2) is 31.8 Å². The van der Waals surface area contributed by atoms with E-state index in [0.29, 0.717) is 11.5 Å². The highest BCUT2D eigenvalue weighted by Crippen LogP contribution is 2.38. The number of anilines is 2. The van der Waals surface area contributed by atoms with E-state index in [1.807, 2.05) is 42.2 Å². The second kappa shape index (κ2) is 5.52. The first-order valence-corrected chi connectivity index (χ1v) is 7.65. The van der Waals surface area contributed by atoms with Crippen LogP contribution >= 0.6 is 0 Å². The summed E-state index contributed by atoms with van der Waals surface area (Å²) in [5, 5.41) is 4.93. The van der Waals surface area contributed by atoms with Gasteiger partial charge < -0.3 is 21.2 Å². The van der Waals surface area contributed by atoms with E-state index in [1.54, 1.807) is 13.3 Å². The molecule has 3 aromatic heterocycles. The van der Waals surface area contributed by atoms with E-state index >= 15 is 0 Å². The van der Waals surface area contributed by atoms with Gasteiger partial charge in [-0.25, -0.2) is 0 Å². The molecule has 25 heavy (non-hydrogen) atoms. The van der Waals surface area contributed by atoms with E-state index in [0.717, 1.165) is 33.5 Å². The molecule has 0 atom stereocenters. The first-order valence-electron chi connectivity index (χ1n) is 7.65. The third kappa shape index (κ3) is 2.35. The van der Waals surface area contributed by atoms with Gasteiger partial charge in [0.1, 0.15) is 17.2 Å². The second-order valence-corrected chi connectivity index (χ2v) is 5.65. The molecule has 0 amide bonds. The Labute approximate surface area is 143 Å². The molecule has 0 fully saturated rings. The molecule has 5 N–H and O–H groups in total. The molecular weight excluding hydrogens is 318 g/mol. The third-order valence-electron chi connectivity index (χ3n) is 4.19. The quantitative estimate of drug-likeness (QED) is 0.528. The van der Waals surface area contributed by atoms with E-state index < -0.39 is 0 Å². The Morgan fingerprint density at radius 3 is 2.68 bits per heavy atom. The number of nitrogens with one attached hydrogen (secondary N) is 1. The van der Waals surface area contributed by atoms with Crippen LogP contribution in [0.25, 0.3) is 33.4 Å². The predicted octanol–water partition coefficient (Wildman–Crippen LogP) is 2.20. The van der Waals surface area contributed by atoms with Gasteiger partial charge in [-0.1, -0.05) is 6.07 Å². The molecule has 3 heterocycles. The molecule has 0 spiro atoms. The number of aromatic nitrogens is 5. The van der Waals surface area contributed by atoms with Crippen LogP contribution in [0.5, 0.6) is 5.75 Å². The van der Waals surface area contributed by atoms with Crippen molar-refractivity contribution in [2.75, 3.05) is 18.6 Å². The molecule has 0 aliphatic carbocycles. The van der Waals surface area contributed by atoms with Crippen molar-refractivity contribution in [2.45, 2.75) is 0 Å². The van der Waals surface area contributed by atoms with Gasteiger partial charge in [0.05, 0.1) is 18.2 Å². The highest BCUT2D eigenvalue weighted by molar-refractivity contribution is 6.02. The number of hydrogen-bond donors (Lipinski definition) is 3. The standard InChI is InChI=1S/C17H17N7O/c1-24-12(5-6-21-24)9-3-4-10(13(7-9)25-2)11-8-20-16-14(11)15(18)22-17(19)23-16/h3-8H,1-2H3,(H5,18,19,20,22,23). The molecule has 126 valence electrons. The molecular formula is C17H17N7O. The third-order valence-corrected chi connectivity index (χ3v) is 4.19. The minimum absolute atomic E-state index is 0.136. The number of H-pyrrole nitrogens is 1. The lowest BCUT2D eigenvalue weighted by atomic mass is 10.0. The lowest BCUT2D eigenvalue weighted by Crippen LogP contribution is -2.00. The zero-order chi connectivity index (χ0) is 17.6. The highest BCUT2D eigenvalue weighted by atomic mass is 16.5. The summed E-state index contributed by atoms with van der Waals surface area (Å²) >= 11 is 0. The van der Waals surface area contributed by atoms with Crippen molar-refractivity contribution in [1.82, 2.24) is 24.7 Å². The maximum atomic E-state index is 6.05. The lowest BCUT2D eigenvalue weighted by molar-refractivity contribution is 0.416. The van der Waals surface area contributed by atoms with Crippen LogP contribution in [0.2, 0.25) is 0 Å². The first-order chi connectivity index (χ1) is 12.1. The molecule has 4 aromatic rings. The van der Waals surface area contributed by atoms with Crippen molar-refractivity contribution < 1.29 is 4.74 Å². The summed E-state index contributed by atoms with van der Waals surface area (Å²) in [5.74, 6) is 1.18. The van der Waals surface area contributed by atoms with Gasteiger partial charge >= 0.3 is 0 Å². The van der Waals surface area contributed by atoms with Crippen LogP contribution in [0.15, 0.2) is 36.7 Å². The Bertz CT molecular complexity index is 1080. The second-order valence-electron chi connectivity index (χ2n) is 5.65. The van der Waals surface area contributed by atoms with E-state index in [-0.39, 0.29) is 5.95 Å². The molecule has 0 aliphatic rings. The monoisotopic (exact) mass is 335 g/mol. The highest BCUT2D eigenvalue weighted by Gasteiger charge is 2.17. The number of fused-ring (bicyclic) bond motifs is 1. The molecule has 8 nitrogen and oxygen atoms in total. The summed E-state index contributed by atoms with van der Waals surface area (Å²) in [4.78, 5) is 11.3. The Morgan fingerprint density at radius 2 is 1.96 bits per heavy atom. The number of benzene rings is 1. The molecule has 1 aromatic carbocycles. The summed E-state index contributed by atoms with van der Waals surface area (Å²) in [5.41, 5.74) is 16.1. The average Bonchev–Trinajstić information content (AvgIpc) is 3.20. The van der Waals surface area contributed by atoms with Crippen LogP contribution in [-0.2, 0) is 7.05 Å². The fourth-order valence-electron chi connectivity index (χ4n) is 3.02. The minimum atomic E-state index is 0.136. The molecule has 8 heteroatoms. The molecule has 0 bridgehead atoms. The zero-order valence-electron chi connectivity index (χ0n) is 13.8. The van der Waals surface area contributed by atoms with E-state index in [4.69, 9.17) is 16.2 Å². The molecule has 0 saturated carbocycles. The smallest absolute Gasteiger partial charge is 0.223 e. The largest absolute Gasteiger partial charge is 0.496 e. The van der Waals surface area contributed by atoms with Crippen molar-refractivity contribution >= 4 is 22.8 Å². The van der Waals surface area contributed by atoms with Gasteiger partial charge in [0.2, 0.25) is 5.95 Å². The maximum Gasteiger partial charge on any atom is 0.223 e. The summed E-state index contributed by atoms with van der Waals surface area (Å²) in [6.45, 7) is 0. The van der Waals surface area contributed by atoms with Crippen LogP contribution < -0.4 is 16.2 Å². The van der Waals surface area contributed by atoms with E-state index in [1.165, 1.54) is 0 Å². The SMILES string of the molecule is COc1cc(-c2ccnn2C)ccc1-c1c[nH]c2nc(N)nc(N)c12. The number of aromatic amines is 1. The van der Waals surface area contributed by atoms with Crippen molar-refractivity contribution in [1.29, 1.82) is 0 Å². The molecule has 0 unspecified atom stereocenters. The van der Waals surface area contributed by atoms with Crippen molar-refractivity contribution in [2.24, 2.45) is 7.05 Å². The fraction of sp³-hybridized carbons (Fsp3) is 0.118. The predicted molar refractivity (Wildman–Crippen MR) is 96.9 cm³/mol. The number of methoxy groups -OCH3 is 1. The Balaban J connectivity index is 1.91. The van der Waals surface area contributed by atoms with Gasteiger partial charge in [-0.2, -0.15) is 15.1 Å². The van der Waals surface area contributed by atoms with Crippen LogP contribution in [0.4, 0.5) is 11.8 Å². The maximum absolute atomic E-state index is 6.05. The van der Waals surface area contributed by atoms with Gasteiger partial charge in [-0.3, -0.25) is 4.68 Å². The van der Waals surface area contributed by atoms with Crippen molar-refractivity contribution in [3.05, 3.63) is 36.7 Å². The first kappa shape index (κ1) is 15.0. The van der Waals surface area contributed by atoms with Gasteiger partial charge in [0.15, 0.2) is 0 Å². The van der Waals surface area contributed by atoms with Gasteiger partial charge in [0.25, 0.3) is 0 Å². The van der Waals surface area contributed by atoms with Crippen LogP contribution in [0.1, 0.15) is 0 Å². The van der Waals surface area contributed by atoms with Crippen LogP contribution in [0, 0.1) is 0 Å². The molecule has 0 radical (unpaired) electrons. The number of nitrogen functional groups attached to an aromatic ring is 2. The van der Waals surface area contributed by atoms with E-state index in [2.05, 4.69) is 20.1 Å². The minimum Gasteiger partial charge on any atom is -0.496 e. The van der Waals surface area contributed by atoms with Crippen LogP contribution in [0.3, 0.4) is 0 Å². The van der Waals surface area contributed by atoms with Gasteiger partial charge in [-0.05, 0) is 18.2 Å². The summed E-state index contributed by atoms with van der Waals surface area (Å²) < 4.78 is 7.42. The number of rotatable bonds is 3. The Kier molecular flexibility index (Phi) is 3.31. The fourth-order valence-corrected chi connectivity index (χ4v) is 3.02. The average molecular weight is 335 g/mol. The van der Waals surface area contributed by atoms with Crippen molar-refractivity contribution in [3.63, 3.8) is 0 Å². The van der Waals surface area contributed by atoms with Gasteiger partial charge in [-0.15, -0.1) is 0 Å². The summed E-state index contributed by atoms with van der Waals surface area (Å²) in [6.07, 6.45) is 3.59. The molecule has 0 aliphatic heterocycles. The number of aryl methyl sites for hydroxylation is 1. The number of ether oxygens (including phenoxy) is 1. The Hall–Kier alpha value is -3.55. The topological polar surface area (TPSA) is 121 Å². The molecule has 4 rings (SSSR count). The normalized spacial score (nSPS) is 11.1. The van der Waals surface area contributed by atoms with Gasteiger partial charge in [0, 0.05) is 36.1 Å².